The Balaban J connectivity index is 1.83. The fourth-order valence-corrected chi connectivity index (χ4v) is 3.89. The van der Waals surface area contributed by atoms with Crippen molar-refractivity contribution in [1.29, 1.82) is 0 Å². The van der Waals surface area contributed by atoms with Crippen molar-refractivity contribution in [2.45, 2.75) is 71.4 Å². The first-order valence-corrected chi connectivity index (χ1v) is 9.74. The van der Waals surface area contributed by atoms with Crippen molar-refractivity contribution in [3.8, 4) is 0 Å². The molecule has 1 fully saturated rings. The minimum atomic E-state index is -0.172. The normalized spacial score (nSPS) is 19.5. The van der Waals surface area contributed by atoms with Crippen LogP contribution in [0.1, 0.15) is 75.5 Å². The van der Waals surface area contributed by atoms with Crippen LogP contribution in [-0.2, 0) is 22.6 Å². The highest BCUT2D eigenvalue weighted by molar-refractivity contribution is 5.77. The molecular weight excluding hydrogens is 332 g/mol. The molecule has 142 valence electrons. The maximum atomic E-state index is 12.6. The number of hydrogen-bond donors (Lipinski definition) is 1. The third-order valence-electron chi connectivity index (χ3n) is 5.26. The number of nitrogens with zero attached hydrogens (tertiary/aromatic N) is 3. The first kappa shape index (κ1) is 18.6. The molecule has 1 aromatic rings. The Morgan fingerprint density at radius 3 is 2.62 bits per heavy atom. The molecule has 0 unspecified atom stereocenters. The number of nitrogens with one attached hydrogen (secondary N) is 1. The van der Waals surface area contributed by atoms with Crippen LogP contribution >= 0.6 is 0 Å². The fourth-order valence-electron chi connectivity index (χ4n) is 3.89. The average molecular weight is 360 g/mol. The molecule has 2 aliphatic heterocycles. The SMILES string of the molecule is CCCC(=O)N1CCc2nc([C@@H]3CCCN3C(=O)CCC)[nH]c(=O)c2C1. The molecule has 7 heteroatoms. The molecule has 1 saturated heterocycles. The van der Waals surface area contributed by atoms with E-state index in [9.17, 15) is 14.4 Å². The van der Waals surface area contributed by atoms with Crippen molar-refractivity contribution in [1.82, 2.24) is 19.8 Å². The van der Waals surface area contributed by atoms with E-state index in [1.54, 1.807) is 4.90 Å². The largest absolute Gasteiger partial charge is 0.338 e. The summed E-state index contributed by atoms with van der Waals surface area (Å²) in [6.07, 6.45) is 5.02. The van der Waals surface area contributed by atoms with E-state index in [2.05, 4.69) is 4.98 Å². The van der Waals surface area contributed by atoms with Crippen molar-refractivity contribution in [2.24, 2.45) is 0 Å². The van der Waals surface area contributed by atoms with Gasteiger partial charge in [0.25, 0.3) is 5.56 Å². The number of H-pyrrole nitrogens is 1. The van der Waals surface area contributed by atoms with Crippen molar-refractivity contribution >= 4 is 11.8 Å². The predicted octanol–water partition coefficient (Wildman–Crippen LogP) is 1.92. The Hall–Kier alpha value is -2.18. The lowest BCUT2D eigenvalue weighted by Gasteiger charge is -2.29. The van der Waals surface area contributed by atoms with Gasteiger partial charge in [-0.3, -0.25) is 14.4 Å². The van der Waals surface area contributed by atoms with Gasteiger partial charge in [-0.1, -0.05) is 13.8 Å². The molecule has 1 N–H and O–H groups in total. The molecule has 0 saturated carbocycles. The van der Waals surface area contributed by atoms with Crippen LogP contribution in [0.15, 0.2) is 4.79 Å². The maximum Gasteiger partial charge on any atom is 0.256 e. The van der Waals surface area contributed by atoms with E-state index in [0.717, 1.165) is 37.9 Å². The molecule has 0 aliphatic carbocycles. The van der Waals surface area contributed by atoms with Gasteiger partial charge >= 0.3 is 0 Å². The molecule has 0 radical (unpaired) electrons. The summed E-state index contributed by atoms with van der Waals surface area (Å²) in [4.78, 5) is 48.3. The predicted molar refractivity (Wildman–Crippen MR) is 97.5 cm³/mol. The van der Waals surface area contributed by atoms with E-state index in [0.29, 0.717) is 43.7 Å². The van der Waals surface area contributed by atoms with Crippen molar-refractivity contribution < 1.29 is 9.59 Å². The summed E-state index contributed by atoms with van der Waals surface area (Å²) in [7, 11) is 0. The molecule has 1 atom stereocenters. The lowest BCUT2D eigenvalue weighted by Crippen LogP contribution is -2.40. The highest BCUT2D eigenvalue weighted by Gasteiger charge is 2.32. The number of hydrogen-bond acceptors (Lipinski definition) is 4. The zero-order valence-corrected chi connectivity index (χ0v) is 15.7. The lowest BCUT2D eigenvalue weighted by atomic mass is 10.1. The standard InChI is InChI=1S/C19H28N4O3/c1-3-6-16(24)22-11-9-14-13(12-22)19(26)21-18(20-14)15-8-5-10-23(15)17(25)7-4-2/h15H,3-12H2,1-2H3,(H,20,21,26)/t15-/m0/s1. The van der Waals surface area contributed by atoms with Gasteiger partial charge in [0.2, 0.25) is 11.8 Å². The summed E-state index contributed by atoms with van der Waals surface area (Å²) < 4.78 is 0. The summed E-state index contributed by atoms with van der Waals surface area (Å²) in [5.41, 5.74) is 1.20. The number of carbonyl (C=O) groups is 2. The van der Waals surface area contributed by atoms with E-state index >= 15 is 0 Å². The Labute approximate surface area is 153 Å². The van der Waals surface area contributed by atoms with E-state index < -0.39 is 0 Å². The quantitative estimate of drug-likeness (QED) is 0.869. The zero-order chi connectivity index (χ0) is 18.7. The van der Waals surface area contributed by atoms with Crippen LogP contribution in [0.4, 0.5) is 0 Å². The van der Waals surface area contributed by atoms with Gasteiger partial charge in [0, 0.05) is 32.4 Å². The van der Waals surface area contributed by atoms with Crippen molar-refractivity contribution in [3.05, 3.63) is 27.4 Å². The second-order valence-corrected chi connectivity index (χ2v) is 7.19. The summed E-state index contributed by atoms with van der Waals surface area (Å²) >= 11 is 0. The first-order chi connectivity index (χ1) is 12.5. The molecule has 2 amide bonds. The van der Waals surface area contributed by atoms with Crippen LogP contribution in [0.25, 0.3) is 0 Å². The van der Waals surface area contributed by atoms with Gasteiger partial charge in [-0.25, -0.2) is 4.98 Å². The number of aromatic amines is 1. The molecule has 26 heavy (non-hydrogen) atoms. The monoisotopic (exact) mass is 360 g/mol. The summed E-state index contributed by atoms with van der Waals surface area (Å²) in [6.45, 7) is 5.63. The minimum absolute atomic E-state index is 0.0914. The Morgan fingerprint density at radius 2 is 1.88 bits per heavy atom. The van der Waals surface area contributed by atoms with Gasteiger partial charge in [0.1, 0.15) is 5.82 Å². The second kappa shape index (κ2) is 8.01. The molecule has 0 spiro atoms. The summed E-state index contributed by atoms with van der Waals surface area (Å²) in [5, 5.41) is 0. The van der Waals surface area contributed by atoms with Gasteiger partial charge in [-0.2, -0.15) is 0 Å². The molecular formula is C19H28N4O3. The van der Waals surface area contributed by atoms with Gasteiger partial charge in [0.05, 0.1) is 23.8 Å². The number of carbonyl (C=O) groups excluding carboxylic acids is 2. The number of rotatable bonds is 5. The molecule has 0 bridgehead atoms. The Kier molecular flexibility index (Phi) is 5.74. The smallest absolute Gasteiger partial charge is 0.256 e. The molecule has 0 aromatic carbocycles. The summed E-state index contributed by atoms with van der Waals surface area (Å²) in [5.74, 6) is 0.824. The highest BCUT2D eigenvalue weighted by atomic mass is 16.2. The fraction of sp³-hybridized carbons (Fsp3) is 0.684. The van der Waals surface area contributed by atoms with Crippen LogP contribution < -0.4 is 5.56 Å². The van der Waals surface area contributed by atoms with E-state index in [1.807, 2.05) is 18.7 Å². The summed E-state index contributed by atoms with van der Waals surface area (Å²) in [6, 6.07) is -0.133. The molecule has 3 rings (SSSR count). The van der Waals surface area contributed by atoms with Gasteiger partial charge in [-0.05, 0) is 25.7 Å². The number of aromatic nitrogens is 2. The third-order valence-corrected chi connectivity index (χ3v) is 5.26. The number of likely N-dealkylation sites (tertiary alicyclic amines) is 1. The molecule has 3 heterocycles. The van der Waals surface area contributed by atoms with Gasteiger partial charge in [-0.15, -0.1) is 0 Å². The Bertz CT molecular complexity index is 743. The van der Waals surface area contributed by atoms with Crippen LogP contribution in [0.2, 0.25) is 0 Å². The lowest BCUT2D eigenvalue weighted by molar-refractivity contribution is -0.133. The zero-order valence-electron chi connectivity index (χ0n) is 15.7. The molecule has 2 aliphatic rings. The first-order valence-electron chi connectivity index (χ1n) is 9.74. The van der Waals surface area contributed by atoms with Crippen LogP contribution in [-0.4, -0.2) is 44.7 Å². The van der Waals surface area contributed by atoms with Crippen LogP contribution in [0.5, 0.6) is 0 Å². The minimum Gasteiger partial charge on any atom is -0.338 e. The van der Waals surface area contributed by atoms with Crippen LogP contribution in [0.3, 0.4) is 0 Å². The van der Waals surface area contributed by atoms with Crippen molar-refractivity contribution in [3.63, 3.8) is 0 Å². The van der Waals surface area contributed by atoms with Crippen LogP contribution in [0, 0.1) is 0 Å². The van der Waals surface area contributed by atoms with Gasteiger partial charge < -0.3 is 14.8 Å². The van der Waals surface area contributed by atoms with Crippen molar-refractivity contribution in [2.75, 3.05) is 13.1 Å². The van der Waals surface area contributed by atoms with Gasteiger partial charge in [0.15, 0.2) is 0 Å². The third kappa shape index (κ3) is 3.66. The average Bonchev–Trinajstić information content (AvgIpc) is 3.11. The highest BCUT2D eigenvalue weighted by Crippen LogP contribution is 2.30. The molecule has 1 aromatic heterocycles. The Morgan fingerprint density at radius 1 is 1.15 bits per heavy atom. The van der Waals surface area contributed by atoms with E-state index in [-0.39, 0.29) is 23.4 Å². The molecule has 7 nitrogen and oxygen atoms in total. The second-order valence-electron chi connectivity index (χ2n) is 7.19. The number of fused-ring (bicyclic) bond motifs is 1. The maximum absolute atomic E-state index is 12.6. The van der Waals surface area contributed by atoms with E-state index in [1.165, 1.54) is 0 Å². The van der Waals surface area contributed by atoms with E-state index in [4.69, 9.17) is 4.98 Å². The topological polar surface area (TPSA) is 86.4 Å². The number of amides is 2.